The monoisotopic (exact) mass is 250 g/mol. The van der Waals surface area contributed by atoms with Gasteiger partial charge < -0.3 is 10.2 Å². The van der Waals surface area contributed by atoms with Gasteiger partial charge in [-0.1, -0.05) is 13.3 Å². The first-order valence-electron chi connectivity index (χ1n) is 6.60. The molecule has 2 atom stereocenters. The van der Waals surface area contributed by atoms with Crippen molar-refractivity contribution >= 4 is 5.82 Å². The molecule has 0 saturated heterocycles. The zero-order valence-electron chi connectivity index (χ0n) is 11.4. The Labute approximate surface area is 108 Å². The van der Waals surface area contributed by atoms with Crippen LogP contribution in [0.5, 0.6) is 5.88 Å². The van der Waals surface area contributed by atoms with E-state index in [0.29, 0.717) is 23.4 Å². The number of hydrazine groups is 1. The molecule has 0 radical (unpaired) electrons. The standard InChI is InChI=1S/C13H22N4O/c1-8-6-4-5-7-11(8)18-13-9(2)12(17-14)15-10(3)16-13/h8,11H,4-7,14H2,1-3H3,(H,15,16,17). The lowest BCUT2D eigenvalue weighted by atomic mass is 9.88. The van der Waals surface area contributed by atoms with Gasteiger partial charge in [-0.05, 0) is 39.0 Å². The van der Waals surface area contributed by atoms with Crippen molar-refractivity contribution in [2.24, 2.45) is 11.8 Å². The number of nitrogens with one attached hydrogen (secondary N) is 1. The molecule has 0 aromatic carbocycles. The first-order chi connectivity index (χ1) is 8.61. The van der Waals surface area contributed by atoms with Crippen LogP contribution in [0.4, 0.5) is 5.82 Å². The fourth-order valence-electron chi connectivity index (χ4n) is 2.46. The summed E-state index contributed by atoms with van der Waals surface area (Å²) in [5.41, 5.74) is 3.47. The highest BCUT2D eigenvalue weighted by molar-refractivity contribution is 5.47. The van der Waals surface area contributed by atoms with Crippen LogP contribution in [0, 0.1) is 19.8 Å². The summed E-state index contributed by atoms with van der Waals surface area (Å²) in [7, 11) is 0. The van der Waals surface area contributed by atoms with Crippen molar-refractivity contribution in [1.82, 2.24) is 9.97 Å². The molecule has 100 valence electrons. The Morgan fingerprint density at radius 1 is 1.22 bits per heavy atom. The van der Waals surface area contributed by atoms with Gasteiger partial charge >= 0.3 is 0 Å². The number of nitrogen functional groups attached to an aromatic ring is 1. The van der Waals surface area contributed by atoms with Crippen molar-refractivity contribution in [3.05, 3.63) is 11.4 Å². The molecule has 18 heavy (non-hydrogen) atoms. The highest BCUT2D eigenvalue weighted by Crippen LogP contribution is 2.30. The Hall–Kier alpha value is -1.36. The number of hydrogen-bond acceptors (Lipinski definition) is 5. The molecule has 1 heterocycles. The summed E-state index contributed by atoms with van der Waals surface area (Å²) >= 11 is 0. The van der Waals surface area contributed by atoms with Gasteiger partial charge in [-0.2, -0.15) is 4.98 Å². The number of ether oxygens (including phenoxy) is 1. The molecule has 1 fully saturated rings. The molecule has 1 aromatic rings. The maximum atomic E-state index is 6.08. The van der Waals surface area contributed by atoms with Crippen LogP contribution in [0.25, 0.3) is 0 Å². The summed E-state index contributed by atoms with van der Waals surface area (Å²) in [6, 6.07) is 0. The number of nitrogens with zero attached hydrogens (tertiary/aromatic N) is 2. The topological polar surface area (TPSA) is 73.1 Å². The fourth-order valence-corrected chi connectivity index (χ4v) is 2.46. The van der Waals surface area contributed by atoms with Gasteiger partial charge in [0, 0.05) is 0 Å². The fraction of sp³-hybridized carbons (Fsp3) is 0.692. The predicted octanol–water partition coefficient (Wildman–Crippen LogP) is 2.34. The summed E-state index contributed by atoms with van der Waals surface area (Å²) in [5.74, 6) is 8.01. The van der Waals surface area contributed by atoms with Crippen LogP contribution in [0.3, 0.4) is 0 Å². The SMILES string of the molecule is Cc1nc(NN)c(C)c(OC2CCCCC2C)n1. The van der Waals surface area contributed by atoms with Gasteiger partial charge in [0.2, 0.25) is 5.88 Å². The molecular formula is C13H22N4O. The van der Waals surface area contributed by atoms with E-state index in [1.165, 1.54) is 19.3 Å². The third-order valence-corrected chi connectivity index (χ3v) is 3.65. The van der Waals surface area contributed by atoms with Gasteiger partial charge in [0.15, 0.2) is 0 Å². The van der Waals surface area contributed by atoms with Crippen molar-refractivity contribution < 1.29 is 4.74 Å². The number of nitrogens with two attached hydrogens (primary N) is 1. The van der Waals surface area contributed by atoms with E-state index in [1.54, 1.807) is 0 Å². The molecule has 0 aliphatic heterocycles. The zero-order chi connectivity index (χ0) is 13.1. The highest BCUT2D eigenvalue weighted by atomic mass is 16.5. The Balaban J connectivity index is 2.20. The normalized spacial score (nSPS) is 23.8. The lowest BCUT2D eigenvalue weighted by Gasteiger charge is -2.29. The molecule has 5 nitrogen and oxygen atoms in total. The Morgan fingerprint density at radius 2 is 1.94 bits per heavy atom. The van der Waals surface area contributed by atoms with Crippen LogP contribution in [0.15, 0.2) is 0 Å². The van der Waals surface area contributed by atoms with Crippen LogP contribution < -0.4 is 16.0 Å². The highest BCUT2D eigenvalue weighted by Gasteiger charge is 2.24. The summed E-state index contributed by atoms with van der Waals surface area (Å²) < 4.78 is 6.08. The molecule has 1 aromatic heterocycles. The van der Waals surface area contributed by atoms with E-state index in [9.17, 15) is 0 Å². The molecular weight excluding hydrogens is 228 g/mol. The van der Waals surface area contributed by atoms with E-state index in [-0.39, 0.29) is 6.10 Å². The third-order valence-electron chi connectivity index (χ3n) is 3.65. The Morgan fingerprint density at radius 3 is 2.61 bits per heavy atom. The van der Waals surface area contributed by atoms with Crippen molar-refractivity contribution in [1.29, 1.82) is 0 Å². The third kappa shape index (κ3) is 2.72. The van der Waals surface area contributed by atoms with Crippen molar-refractivity contribution in [3.8, 4) is 5.88 Å². The number of hydrogen-bond donors (Lipinski definition) is 2. The quantitative estimate of drug-likeness (QED) is 0.636. The van der Waals surface area contributed by atoms with Crippen LogP contribution in [0.1, 0.15) is 44.0 Å². The lowest BCUT2D eigenvalue weighted by molar-refractivity contribution is 0.0965. The van der Waals surface area contributed by atoms with Crippen molar-refractivity contribution in [2.45, 2.75) is 52.6 Å². The molecule has 1 aliphatic carbocycles. The van der Waals surface area contributed by atoms with Gasteiger partial charge in [0.1, 0.15) is 17.7 Å². The molecule has 1 aliphatic rings. The number of rotatable bonds is 3. The van der Waals surface area contributed by atoms with Crippen molar-refractivity contribution in [2.75, 3.05) is 5.43 Å². The predicted molar refractivity (Wildman–Crippen MR) is 71.4 cm³/mol. The minimum Gasteiger partial charge on any atom is -0.474 e. The second-order valence-corrected chi connectivity index (χ2v) is 5.11. The van der Waals surface area contributed by atoms with Gasteiger partial charge in [-0.15, -0.1) is 0 Å². The smallest absolute Gasteiger partial charge is 0.222 e. The first-order valence-corrected chi connectivity index (χ1v) is 6.60. The van der Waals surface area contributed by atoms with Crippen LogP contribution >= 0.6 is 0 Å². The molecule has 0 bridgehead atoms. The number of aryl methyl sites for hydroxylation is 1. The van der Waals surface area contributed by atoms with E-state index in [1.807, 2.05) is 13.8 Å². The van der Waals surface area contributed by atoms with E-state index in [0.717, 1.165) is 12.0 Å². The molecule has 1 saturated carbocycles. The maximum absolute atomic E-state index is 6.08. The lowest BCUT2D eigenvalue weighted by Crippen LogP contribution is -2.29. The molecule has 2 unspecified atom stereocenters. The number of aromatic nitrogens is 2. The Kier molecular flexibility index (Phi) is 4.01. The molecule has 5 heteroatoms. The van der Waals surface area contributed by atoms with Crippen LogP contribution in [-0.4, -0.2) is 16.1 Å². The molecule has 0 spiro atoms. The van der Waals surface area contributed by atoms with Gasteiger partial charge in [0.05, 0.1) is 5.56 Å². The summed E-state index contributed by atoms with van der Waals surface area (Å²) in [6.07, 6.45) is 5.14. The average Bonchev–Trinajstić information content (AvgIpc) is 2.36. The van der Waals surface area contributed by atoms with E-state index < -0.39 is 0 Å². The maximum Gasteiger partial charge on any atom is 0.222 e. The first kappa shape index (κ1) is 13.1. The minimum atomic E-state index is 0.261. The summed E-state index contributed by atoms with van der Waals surface area (Å²) in [5, 5.41) is 0. The average molecular weight is 250 g/mol. The van der Waals surface area contributed by atoms with Crippen molar-refractivity contribution in [3.63, 3.8) is 0 Å². The van der Waals surface area contributed by atoms with E-state index >= 15 is 0 Å². The Bertz CT molecular complexity index is 422. The minimum absolute atomic E-state index is 0.261. The van der Waals surface area contributed by atoms with Gasteiger partial charge in [0.25, 0.3) is 0 Å². The second-order valence-electron chi connectivity index (χ2n) is 5.11. The zero-order valence-corrected chi connectivity index (χ0v) is 11.4. The van der Waals surface area contributed by atoms with E-state index in [2.05, 4.69) is 22.3 Å². The largest absolute Gasteiger partial charge is 0.474 e. The summed E-state index contributed by atoms with van der Waals surface area (Å²) in [4.78, 5) is 8.62. The van der Waals surface area contributed by atoms with Gasteiger partial charge in [-0.3, -0.25) is 0 Å². The molecule has 0 amide bonds. The number of anilines is 1. The van der Waals surface area contributed by atoms with Crippen LogP contribution in [-0.2, 0) is 0 Å². The molecule has 3 N–H and O–H groups in total. The van der Waals surface area contributed by atoms with Crippen LogP contribution in [0.2, 0.25) is 0 Å². The summed E-state index contributed by atoms with van der Waals surface area (Å²) in [6.45, 7) is 6.02. The second kappa shape index (κ2) is 5.52. The molecule has 2 rings (SSSR count). The van der Waals surface area contributed by atoms with E-state index in [4.69, 9.17) is 10.6 Å². The van der Waals surface area contributed by atoms with Gasteiger partial charge in [-0.25, -0.2) is 10.8 Å².